The van der Waals surface area contributed by atoms with Crippen LogP contribution in [-0.4, -0.2) is 59.0 Å². The summed E-state index contributed by atoms with van der Waals surface area (Å²) in [6, 6.07) is 10.9. The van der Waals surface area contributed by atoms with Crippen LogP contribution in [0, 0.1) is 12.7 Å². The Morgan fingerprint density at radius 3 is 2.67 bits per heavy atom. The van der Waals surface area contributed by atoms with E-state index < -0.39 is 5.82 Å². The number of aromatic nitrogens is 2. The summed E-state index contributed by atoms with van der Waals surface area (Å²) in [5.41, 5.74) is 9.10. The Hall–Kier alpha value is -3.30. The Morgan fingerprint density at radius 1 is 1.06 bits per heavy atom. The van der Waals surface area contributed by atoms with Crippen molar-refractivity contribution in [2.45, 2.75) is 32.1 Å². The Kier molecular flexibility index (Phi) is 5.76. The molecule has 0 bridgehead atoms. The molecule has 7 nitrogen and oxygen atoms in total. The third-order valence-corrected chi connectivity index (χ3v) is 8.56. The van der Waals surface area contributed by atoms with E-state index in [9.17, 15) is 4.79 Å². The van der Waals surface area contributed by atoms with Gasteiger partial charge in [-0.05, 0) is 82.2 Å². The number of anilines is 2. The number of nitrogens with zero attached hydrogens (tertiary/aromatic N) is 5. The highest BCUT2D eigenvalue weighted by Crippen LogP contribution is 2.36. The molecule has 2 fully saturated rings. The molecular formula is C27H29FN6OS. The van der Waals surface area contributed by atoms with E-state index in [-0.39, 0.29) is 11.5 Å². The van der Waals surface area contributed by atoms with Crippen molar-refractivity contribution >= 4 is 49.9 Å². The molecule has 4 aromatic rings. The zero-order chi connectivity index (χ0) is 25.0. The van der Waals surface area contributed by atoms with Gasteiger partial charge in [-0.15, -0.1) is 11.3 Å². The number of thiazole rings is 1. The summed E-state index contributed by atoms with van der Waals surface area (Å²) in [5, 5.41) is 5.52. The normalized spacial score (nSPS) is 17.5. The van der Waals surface area contributed by atoms with Gasteiger partial charge in [0.15, 0.2) is 0 Å². The second-order valence-corrected chi connectivity index (χ2v) is 11.0. The molecule has 9 heteroatoms. The topological polar surface area (TPSA) is 78.6 Å². The second-order valence-electron chi connectivity index (χ2n) is 9.90. The van der Waals surface area contributed by atoms with Gasteiger partial charge in [-0.2, -0.15) is 0 Å². The number of nitrogens with two attached hydrogens (primary N) is 1. The van der Waals surface area contributed by atoms with Crippen LogP contribution >= 0.6 is 11.3 Å². The van der Waals surface area contributed by atoms with Crippen LogP contribution in [0.1, 0.15) is 46.1 Å². The van der Waals surface area contributed by atoms with Crippen LogP contribution in [0.2, 0.25) is 0 Å². The fraction of sp³-hybridized carbons (Fsp3) is 0.370. The Morgan fingerprint density at radius 2 is 1.86 bits per heavy atom. The Balaban J connectivity index is 1.29. The second kappa shape index (κ2) is 8.97. The van der Waals surface area contributed by atoms with Crippen LogP contribution < -0.4 is 10.7 Å². The summed E-state index contributed by atoms with van der Waals surface area (Å²) in [7, 11) is 2.17. The number of fused-ring (bicyclic) bond motifs is 2. The molecule has 6 rings (SSSR count). The number of carbonyl (C=O) groups is 1. The lowest BCUT2D eigenvalue weighted by molar-refractivity contribution is 0.0772. The molecule has 186 valence electrons. The minimum absolute atomic E-state index is 0.0452. The average Bonchev–Trinajstić information content (AvgIpc) is 3.52. The molecule has 2 saturated heterocycles. The van der Waals surface area contributed by atoms with Crippen molar-refractivity contribution in [3.8, 4) is 0 Å². The molecule has 36 heavy (non-hydrogen) atoms. The first kappa shape index (κ1) is 23.1. The molecule has 2 aliphatic rings. The number of carbonyl (C=O) groups excluding carboxylic acids is 1. The highest BCUT2D eigenvalue weighted by Gasteiger charge is 2.30. The maximum Gasteiger partial charge on any atom is 0.275 e. The number of benzene rings is 2. The van der Waals surface area contributed by atoms with Gasteiger partial charge < -0.3 is 10.6 Å². The number of aryl methyl sites for hydroxylation is 1. The van der Waals surface area contributed by atoms with Gasteiger partial charge in [0, 0.05) is 30.5 Å². The van der Waals surface area contributed by atoms with Gasteiger partial charge in [0.25, 0.3) is 5.91 Å². The van der Waals surface area contributed by atoms with Gasteiger partial charge in [-0.1, -0.05) is 0 Å². The number of hydrazine groups is 1. The molecular weight excluding hydrogens is 475 g/mol. The lowest BCUT2D eigenvalue weighted by atomic mass is 9.98. The zero-order valence-corrected chi connectivity index (χ0v) is 21.3. The van der Waals surface area contributed by atoms with Gasteiger partial charge in [-0.3, -0.25) is 9.80 Å². The van der Waals surface area contributed by atoms with Crippen molar-refractivity contribution in [2.24, 2.45) is 0 Å². The first-order valence-electron chi connectivity index (χ1n) is 12.4. The minimum Gasteiger partial charge on any atom is -0.383 e. The van der Waals surface area contributed by atoms with Crippen LogP contribution in [0.4, 0.5) is 15.9 Å². The van der Waals surface area contributed by atoms with E-state index in [2.05, 4.69) is 23.0 Å². The molecule has 2 aromatic carbocycles. The van der Waals surface area contributed by atoms with Crippen LogP contribution in [0.3, 0.4) is 0 Å². The number of hydrogen-bond acceptors (Lipinski definition) is 7. The van der Waals surface area contributed by atoms with Crippen molar-refractivity contribution in [2.75, 3.05) is 44.0 Å². The maximum atomic E-state index is 15.0. The molecule has 0 spiro atoms. The van der Waals surface area contributed by atoms with Crippen LogP contribution in [-0.2, 0) is 0 Å². The fourth-order valence-electron chi connectivity index (χ4n) is 5.23. The summed E-state index contributed by atoms with van der Waals surface area (Å²) in [4.78, 5) is 25.1. The van der Waals surface area contributed by atoms with Gasteiger partial charge in [0.05, 0.1) is 32.0 Å². The summed E-state index contributed by atoms with van der Waals surface area (Å²) in [6.07, 6.45) is 3.09. The van der Waals surface area contributed by atoms with Crippen LogP contribution in [0.25, 0.3) is 21.1 Å². The molecule has 0 atom stereocenters. The number of hydrogen-bond donors (Lipinski definition) is 1. The number of likely N-dealkylation sites (tertiary alicyclic amines) is 1. The number of pyridine rings is 1. The van der Waals surface area contributed by atoms with Crippen LogP contribution in [0.5, 0.6) is 0 Å². The van der Waals surface area contributed by atoms with Crippen LogP contribution in [0.15, 0.2) is 36.4 Å². The smallest absolute Gasteiger partial charge is 0.275 e. The lowest BCUT2D eigenvalue weighted by Crippen LogP contribution is -2.41. The summed E-state index contributed by atoms with van der Waals surface area (Å²) in [5.74, 6) is -0.0611. The fourth-order valence-corrected chi connectivity index (χ4v) is 6.40. The lowest BCUT2D eigenvalue weighted by Gasteiger charge is -2.30. The summed E-state index contributed by atoms with van der Waals surface area (Å²) >= 11 is 1.75. The number of amides is 1. The molecule has 1 amide bonds. The molecule has 4 heterocycles. The highest BCUT2D eigenvalue weighted by molar-refractivity contribution is 7.18. The van der Waals surface area contributed by atoms with E-state index in [1.54, 1.807) is 22.4 Å². The number of nitrogen functional groups attached to an aromatic ring is 1. The third kappa shape index (κ3) is 4.06. The van der Waals surface area contributed by atoms with E-state index in [0.717, 1.165) is 53.8 Å². The van der Waals surface area contributed by atoms with Crippen molar-refractivity contribution in [3.63, 3.8) is 0 Å². The third-order valence-electron chi connectivity index (χ3n) is 7.38. The monoisotopic (exact) mass is 504 g/mol. The average molecular weight is 505 g/mol. The summed E-state index contributed by atoms with van der Waals surface area (Å²) in [6.45, 7) is 5.29. The molecule has 2 aliphatic heterocycles. The Bertz CT molecular complexity index is 1480. The van der Waals surface area contributed by atoms with Crippen molar-refractivity contribution in [1.82, 2.24) is 19.9 Å². The number of rotatable bonds is 3. The minimum atomic E-state index is -0.587. The van der Waals surface area contributed by atoms with Gasteiger partial charge in [-0.25, -0.2) is 19.4 Å². The van der Waals surface area contributed by atoms with Gasteiger partial charge >= 0.3 is 0 Å². The van der Waals surface area contributed by atoms with E-state index in [1.807, 2.05) is 30.1 Å². The highest BCUT2D eigenvalue weighted by atomic mass is 32.1. The van der Waals surface area contributed by atoms with Crippen molar-refractivity contribution in [3.05, 3.63) is 58.3 Å². The molecule has 0 saturated carbocycles. The van der Waals surface area contributed by atoms with Gasteiger partial charge in [0.2, 0.25) is 0 Å². The van der Waals surface area contributed by atoms with Crippen molar-refractivity contribution < 1.29 is 9.18 Å². The SMILES string of the molecule is Cc1cc2cc(C(=O)N3CCCN3c3ccc4nc(C5CCN(C)CC5)sc4c3)c(F)cc2nc1N. The summed E-state index contributed by atoms with van der Waals surface area (Å²) < 4.78 is 16.2. The maximum absolute atomic E-state index is 15.0. The van der Waals surface area contributed by atoms with E-state index >= 15 is 4.39 Å². The Labute approximate surface area is 213 Å². The zero-order valence-electron chi connectivity index (χ0n) is 20.5. The number of halogens is 1. The largest absolute Gasteiger partial charge is 0.383 e. The first-order valence-corrected chi connectivity index (χ1v) is 13.2. The predicted octanol–water partition coefficient (Wildman–Crippen LogP) is 4.95. The quantitative estimate of drug-likeness (QED) is 0.425. The van der Waals surface area contributed by atoms with E-state index in [4.69, 9.17) is 10.7 Å². The molecule has 0 unspecified atom stereocenters. The predicted molar refractivity (Wildman–Crippen MR) is 143 cm³/mol. The molecule has 0 aliphatic carbocycles. The number of piperidine rings is 1. The van der Waals surface area contributed by atoms with E-state index in [0.29, 0.717) is 35.7 Å². The molecule has 2 N–H and O–H groups in total. The molecule has 0 radical (unpaired) electrons. The van der Waals surface area contributed by atoms with Crippen molar-refractivity contribution in [1.29, 1.82) is 0 Å². The van der Waals surface area contributed by atoms with Gasteiger partial charge in [0.1, 0.15) is 11.6 Å². The first-order chi connectivity index (χ1) is 17.4. The van der Waals surface area contributed by atoms with E-state index in [1.165, 1.54) is 11.1 Å². The molecule has 2 aromatic heterocycles. The standard InChI is InChI=1S/C27H29FN6OS/c1-16-12-18-13-20(21(28)15-23(18)30-25(16)29)27(35)34-9-3-8-33(34)19-4-5-22-24(14-19)36-26(31-22)17-6-10-32(2)11-7-17/h4-5,12-15,17H,3,6-11H2,1-2H3,(H2,29,30).